The Morgan fingerprint density at radius 2 is 1.92 bits per heavy atom. The third-order valence-electron chi connectivity index (χ3n) is 4.76. The number of hydrogen-bond acceptors (Lipinski definition) is 3. The van der Waals surface area contributed by atoms with Crippen LogP contribution in [0, 0.1) is 5.92 Å². The van der Waals surface area contributed by atoms with Crippen LogP contribution >= 0.6 is 11.3 Å². The lowest BCUT2D eigenvalue weighted by molar-refractivity contribution is 0.100. The van der Waals surface area contributed by atoms with E-state index in [-0.39, 0.29) is 5.56 Å². The first kappa shape index (κ1) is 17.5. The summed E-state index contributed by atoms with van der Waals surface area (Å²) in [5.41, 5.74) is 13.2. The number of rotatable bonds is 6. The van der Waals surface area contributed by atoms with Crippen LogP contribution in [-0.2, 0) is 6.42 Å². The highest BCUT2D eigenvalue weighted by molar-refractivity contribution is 7.20. The van der Waals surface area contributed by atoms with Crippen LogP contribution in [0.3, 0.4) is 0 Å². The van der Waals surface area contributed by atoms with Gasteiger partial charge in [0, 0.05) is 4.88 Å². The Labute approximate surface area is 151 Å². The molecule has 0 aliphatic heterocycles. The van der Waals surface area contributed by atoms with E-state index in [0.29, 0.717) is 5.00 Å². The molecular formula is C19H23N3O2S. The van der Waals surface area contributed by atoms with Gasteiger partial charge in [0.15, 0.2) is 0 Å². The van der Waals surface area contributed by atoms with Gasteiger partial charge in [-0.1, -0.05) is 49.9 Å². The maximum absolute atomic E-state index is 11.6. The molecule has 6 heteroatoms. The lowest BCUT2D eigenvalue weighted by Crippen LogP contribution is -2.21. The fourth-order valence-electron chi connectivity index (χ4n) is 3.47. The number of carbonyl (C=O) groups is 2. The van der Waals surface area contributed by atoms with Gasteiger partial charge >= 0.3 is 6.03 Å². The molecule has 2 aromatic rings. The largest absolute Gasteiger partial charge is 0.366 e. The van der Waals surface area contributed by atoms with Gasteiger partial charge in [0.1, 0.15) is 5.00 Å². The molecule has 0 radical (unpaired) electrons. The van der Waals surface area contributed by atoms with Crippen molar-refractivity contribution in [2.45, 2.75) is 38.5 Å². The molecule has 3 rings (SSSR count). The number of benzene rings is 1. The normalized spacial score (nSPS) is 14.6. The molecule has 0 atom stereocenters. The smallest absolute Gasteiger partial charge is 0.317 e. The number of carbonyl (C=O) groups excluding carboxylic acids is 2. The van der Waals surface area contributed by atoms with Crippen molar-refractivity contribution in [2.24, 2.45) is 17.4 Å². The molecule has 1 aromatic carbocycles. The van der Waals surface area contributed by atoms with Crippen LogP contribution in [0.4, 0.5) is 9.80 Å². The molecule has 5 nitrogen and oxygen atoms in total. The number of aryl methyl sites for hydroxylation is 1. The Hall–Kier alpha value is -2.34. The van der Waals surface area contributed by atoms with E-state index in [0.717, 1.165) is 22.8 Å². The topological polar surface area (TPSA) is 98.2 Å². The zero-order chi connectivity index (χ0) is 17.8. The molecule has 1 saturated carbocycles. The Morgan fingerprint density at radius 1 is 1.16 bits per heavy atom. The van der Waals surface area contributed by atoms with Gasteiger partial charge < -0.3 is 11.5 Å². The molecule has 0 bridgehead atoms. The van der Waals surface area contributed by atoms with Crippen molar-refractivity contribution < 1.29 is 9.59 Å². The number of thiophene rings is 1. The molecule has 1 heterocycles. The fraction of sp³-hybridized carbons (Fsp3) is 0.368. The zero-order valence-electron chi connectivity index (χ0n) is 14.1. The van der Waals surface area contributed by atoms with Crippen molar-refractivity contribution >= 4 is 28.3 Å². The average molecular weight is 357 g/mol. The number of urea groups is 1. The first-order valence-corrected chi connectivity index (χ1v) is 9.44. The number of amides is 3. The van der Waals surface area contributed by atoms with E-state index < -0.39 is 11.9 Å². The molecular weight excluding hydrogens is 334 g/mol. The standard InChI is InChI=1S/C19H23N3O2S/c20-17(23)15-11-16(25-18(15)22-19(21)24)14-7-3-6-13(10-14)9-8-12-4-1-2-5-12/h3,6-7,10-12H,1-2,4-5,8-9H2,(H2,20,23)(H3,21,22,24). The van der Waals surface area contributed by atoms with Gasteiger partial charge in [-0.2, -0.15) is 0 Å². The first-order chi connectivity index (χ1) is 12.0. The summed E-state index contributed by atoms with van der Waals surface area (Å²) < 4.78 is 0. The summed E-state index contributed by atoms with van der Waals surface area (Å²) in [4.78, 5) is 23.6. The van der Waals surface area contributed by atoms with Gasteiger partial charge in [-0.05, 0) is 36.0 Å². The minimum absolute atomic E-state index is 0.287. The van der Waals surface area contributed by atoms with Gasteiger partial charge in [0.05, 0.1) is 5.56 Å². The predicted octanol–water partition coefficient (Wildman–Crippen LogP) is 4.13. The van der Waals surface area contributed by atoms with Crippen molar-refractivity contribution in [3.05, 3.63) is 41.5 Å². The molecule has 5 N–H and O–H groups in total. The minimum atomic E-state index is -0.707. The second-order valence-electron chi connectivity index (χ2n) is 6.60. The summed E-state index contributed by atoms with van der Waals surface area (Å²) in [5, 5.41) is 2.87. The van der Waals surface area contributed by atoms with Crippen LogP contribution in [0.15, 0.2) is 30.3 Å². The monoisotopic (exact) mass is 357 g/mol. The van der Waals surface area contributed by atoms with Gasteiger partial charge in [-0.25, -0.2) is 4.79 Å². The predicted molar refractivity (Wildman–Crippen MR) is 102 cm³/mol. The molecule has 1 fully saturated rings. The number of nitrogens with one attached hydrogen (secondary N) is 1. The summed E-state index contributed by atoms with van der Waals surface area (Å²) in [6.45, 7) is 0. The molecule has 1 aliphatic rings. The van der Waals surface area contributed by atoms with E-state index in [9.17, 15) is 9.59 Å². The van der Waals surface area contributed by atoms with E-state index in [1.807, 2.05) is 12.1 Å². The van der Waals surface area contributed by atoms with Crippen LogP contribution in [0.2, 0.25) is 0 Å². The van der Waals surface area contributed by atoms with Gasteiger partial charge in [0.25, 0.3) is 5.91 Å². The molecule has 0 saturated heterocycles. The maximum atomic E-state index is 11.6. The van der Waals surface area contributed by atoms with E-state index in [4.69, 9.17) is 11.5 Å². The number of hydrogen-bond donors (Lipinski definition) is 3. The van der Waals surface area contributed by atoms with Crippen LogP contribution in [-0.4, -0.2) is 11.9 Å². The van der Waals surface area contributed by atoms with Crippen molar-refractivity contribution in [3.63, 3.8) is 0 Å². The molecule has 1 aromatic heterocycles. The Bertz CT molecular complexity index is 779. The Morgan fingerprint density at radius 3 is 2.60 bits per heavy atom. The van der Waals surface area contributed by atoms with Gasteiger partial charge in [-0.3, -0.25) is 10.1 Å². The van der Waals surface area contributed by atoms with Gasteiger partial charge in [0.2, 0.25) is 0 Å². The number of anilines is 1. The van der Waals surface area contributed by atoms with E-state index in [1.54, 1.807) is 6.07 Å². The van der Waals surface area contributed by atoms with Crippen molar-refractivity contribution in [2.75, 3.05) is 5.32 Å². The summed E-state index contributed by atoms with van der Waals surface area (Å²) >= 11 is 1.31. The van der Waals surface area contributed by atoms with Crippen molar-refractivity contribution in [3.8, 4) is 10.4 Å². The highest BCUT2D eigenvalue weighted by atomic mass is 32.1. The SMILES string of the molecule is NC(=O)Nc1sc(-c2cccc(CCC3CCCC3)c2)cc1C(N)=O. The van der Waals surface area contributed by atoms with Crippen LogP contribution < -0.4 is 16.8 Å². The average Bonchev–Trinajstić information content (AvgIpc) is 3.22. The van der Waals surface area contributed by atoms with Crippen molar-refractivity contribution in [1.82, 2.24) is 0 Å². The lowest BCUT2D eigenvalue weighted by atomic mass is 9.97. The summed E-state index contributed by atoms with van der Waals surface area (Å²) in [7, 11) is 0. The zero-order valence-corrected chi connectivity index (χ0v) is 14.9. The third-order valence-corrected chi connectivity index (χ3v) is 5.86. The Balaban J connectivity index is 1.79. The van der Waals surface area contributed by atoms with Crippen molar-refractivity contribution in [1.29, 1.82) is 0 Å². The minimum Gasteiger partial charge on any atom is -0.366 e. The van der Waals surface area contributed by atoms with E-state index in [2.05, 4.69) is 17.4 Å². The van der Waals surface area contributed by atoms with Crippen LogP contribution in [0.5, 0.6) is 0 Å². The van der Waals surface area contributed by atoms with Crippen LogP contribution in [0.1, 0.15) is 48.0 Å². The Kier molecular flexibility index (Phi) is 5.38. The first-order valence-electron chi connectivity index (χ1n) is 8.62. The summed E-state index contributed by atoms with van der Waals surface area (Å²) in [6, 6.07) is 9.34. The highest BCUT2D eigenvalue weighted by Crippen LogP contribution is 2.36. The quantitative estimate of drug-likeness (QED) is 0.724. The maximum Gasteiger partial charge on any atom is 0.317 e. The van der Waals surface area contributed by atoms with Crippen LogP contribution in [0.25, 0.3) is 10.4 Å². The number of nitrogens with two attached hydrogens (primary N) is 2. The summed E-state index contributed by atoms with van der Waals surface area (Å²) in [6.07, 6.45) is 7.74. The second-order valence-corrected chi connectivity index (χ2v) is 7.65. The summed E-state index contributed by atoms with van der Waals surface area (Å²) in [5.74, 6) is 0.280. The van der Waals surface area contributed by atoms with E-state index in [1.165, 1.54) is 49.0 Å². The number of primary amides is 2. The third kappa shape index (κ3) is 4.39. The van der Waals surface area contributed by atoms with Gasteiger partial charge in [-0.15, -0.1) is 11.3 Å². The molecule has 3 amide bonds. The molecule has 0 unspecified atom stereocenters. The lowest BCUT2D eigenvalue weighted by Gasteiger charge is -2.09. The fourth-order valence-corrected chi connectivity index (χ4v) is 4.53. The van der Waals surface area contributed by atoms with E-state index >= 15 is 0 Å². The molecule has 132 valence electrons. The molecule has 1 aliphatic carbocycles. The molecule has 0 spiro atoms. The highest BCUT2D eigenvalue weighted by Gasteiger charge is 2.17. The molecule has 25 heavy (non-hydrogen) atoms. The second kappa shape index (κ2) is 7.70.